The molecule has 0 heterocycles. The molecule has 3 N–H and O–H groups in total. The number of nitrogens with one attached hydrogen (secondary N) is 1. The standard InChI is InChI=1S/C15H22N2O2/c1-10-6-11(2)8-13(7-10)19-9-15(17-3,14(16)18)12-4-5-12/h6-8,12,17H,4-5,9H2,1-3H3,(H2,16,18). The van der Waals surface area contributed by atoms with E-state index in [1.165, 1.54) is 0 Å². The van der Waals surface area contributed by atoms with Crippen LogP contribution in [0, 0.1) is 19.8 Å². The Balaban J connectivity index is 2.12. The zero-order chi connectivity index (χ0) is 14.0. The highest BCUT2D eigenvalue weighted by Gasteiger charge is 2.49. The van der Waals surface area contributed by atoms with Crippen LogP contribution in [0.4, 0.5) is 0 Å². The van der Waals surface area contributed by atoms with Crippen LogP contribution in [0.25, 0.3) is 0 Å². The molecule has 1 aliphatic rings. The number of amides is 1. The Morgan fingerprint density at radius 1 is 1.37 bits per heavy atom. The van der Waals surface area contributed by atoms with Gasteiger partial charge in [0.15, 0.2) is 0 Å². The van der Waals surface area contributed by atoms with Crippen molar-refractivity contribution >= 4 is 5.91 Å². The van der Waals surface area contributed by atoms with Gasteiger partial charge in [-0.1, -0.05) is 6.07 Å². The Bertz CT molecular complexity index is 463. The predicted octanol–water partition coefficient (Wildman–Crippen LogP) is 1.54. The van der Waals surface area contributed by atoms with Gasteiger partial charge in [0.2, 0.25) is 5.91 Å². The van der Waals surface area contributed by atoms with Crippen LogP contribution < -0.4 is 15.8 Å². The molecule has 1 saturated carbocycles. The SMILES string of the molecule is CNC(COc1cc(C)cc(C)c1)(C(N)=O)C1CC1. The number of benzene rings is 1. The zero-order valence-electron chi connectivity index (χ0n) is 11.8. The van der Waals surface area contributed by atoms with Gasteiger partial charge in [-0.3, -0.25) is 4.79 Å². The number of likely N-dealkylation sites (N-methyl/N-ethyl adjacent to an activating group) is 1. The molecule has 1 unspecified atom stereocenters. The summed E-state index contributed by atoms with van der Waals surface area (Å²) in [7, 11) is 1.77. The maximum absolute atomic E-state index is 11.8. The van der Waals surface area contributed by atoms with Crippen molar-refractivity contribution in [1.29, 1.82) is 0 Å². The number of nitrogens with two attached hydrogens (primary N) is 1. The summed E-state index contributed by atoms with van der Waals surface area (Å²) < 4.78 is 5.82. The number of rotatable bonds is 6. The number of hydrogen-bond donors (Lipinski definition) is 2. The summed E-state index contributed by atoms with van der Waals surface area (Å²) in [6.07, 6.45) is 2.06. The fraction of sp³-hybridized carbons (Fsp3) is 0.533. The maximum Gasteiger partial charge on any atom is 0.241 e. The van der Waals surface area contributed by atoms with Crippen molar-refractivity contribution in [3.63, 3.8) is 0 Å². The van der Waals surface area contributed by atoms with Crippen LogP contribution in [0.2, 0.25) is 0 Å². The summed E-state index contributed by atoms with van der Waals surface area (Å²) in [5, 5.41) is 3.08. The number of carbonyl (C=O) groups excluding carboxylic acids is 1. The topological polar surface area (TPSA) is 64.3 Å². The predicted molar refractivity (Wildman–Crippen MR) is 75.1 cm³/mol. The van der Waals surface area contributed by atoms with Crippen molar-refractivity contribution in [2.75, 3.05) is 13.7 Å². The highest BCUT2D eigenvalue weighted by molar-refractivity contribution is 5.85. The highest BCUT2D eigenvalue weighted by Crippen LogP contribution is 2.39. The molecule has 0 bridgehead atoms. The van der Waals surface area contributed by atoms with Gasteiger partial charge >= 0.3 is 0 Å². The molecule has 2 rings (SSSR count). The van der Waals surface area contributed by atoms with Crippen LogP contribution in [-0.2, 0) is 4.79 Å². The monoisotopic (exact) mass is 262 g/mol. The molecule has 0 aliphatic heterocycles. The molecule has 4 nitrogen and oxygen atoms in total. The van der Waals surface area contributed by atoms with Crippen molar-refractivity contribution in [3.8, 4) is 5.75 Å². The van der Waals surface area contributed by atoms with Gasteiger partial charge in [0.1, 0.15) is 17.9 Å². The minimum Gasteiger partial charge on any atom is -0.491 e. The summed E-state index contributed by atoms with van der Waals surface area (Å²) in [4.78, 5) is 11.8. The molecule has 104 valence electrons. The van der Waals surface area contributed by atoms with E-state index in [2.05, 4.69) is 11.4 Å². The zero-order valence-corrected chi connectivity index (χ0v) is 11.8. The van der Waals surface area contributed by atoms with Crippen LogP contribution in [0.15, 0.2) is 18.2 Å². The van der Waals surface area contributed by atoms with E-state index < -0.39 is 5.54 Å². The van der Waals surface area contributed by atoms with Crippen molar-refractivity contribution in [2.24, 2.45) is 11.7 Å². The van der Waals surface area contributed by atoms with E-state index in [1.807, 2.05) is 26.0 Å². The van der Waals surface area contributed by atoms with Gasteiger partial charge in [-0.2, -0.15) is 0 Å². The Kier molecular flexibility index (Phi) is 3.80. The maximum atomic E-state index is 11.8. The first-order chi connectivity index (χ1) is 8.98. The lowest BCUT2D eigenvalue weighted by atomic mass is 9.93. The molecular formula is C15H22N2O2. The molecule has 1 amide bonds. The third-order valence-corrected chi connectivity index (χ3v) is 3.82. The summed E-state index contributed by atoms with van der Waals surface area (Å²) >= 11 is 0. The van der Waals surface area contributed by atoms with Gasteiger partial charge in [-0.15, -0.1) is 0 Å². The van der Waals surface area contributed by atoms with Crippen LogP contribution >= 0.6 is 0 Å². The van der Waals surface area contributed by atoms with Crippen LogP contribution in [0.1, 0.15) is 24.0 Å². The summed E-state index contributed by atoms with van der Waals surface area (Å²) in [6.45, 7) is 4.34. The first kappa shape index (κ1) is 13.9. The summed E-state index contributed by atoms with van der Waals surface area (Å²) in [6, 6.07) is 6.04. The molecule has 0 radical (unpaired) electrons. The number of aryl methyl sites for hydroxylation is 2. The Labute approximate surface area is 114 Å². The lowest BCUT2D eigenvalue weighted by Gasteiger charge is -2.30. The quantitative estimate of drug-likeness (QED) is 0.817. The average Bonchev–Trinajstić information content (AvgIpc) is 3.13. The minimum absolute atomic E-state index is 0.284. The fourth-order valence-corrected chi connectivity index (χ4v) is 2.58. The lowest BCUT2D eigenvalue weighted by molar-refractivity contribution is -0.126. The molecule has 1 aromatic carbocycles. The van der Waals surface area contributed by atoms with Gasteiger partial charge < -0.3 is 15.8 Å². The molecular weight excluding hydrogens is 240 g/mol. The van der Waals surface area contributed by atoms with E-state index in [9.17, 15) is 4.79 Å². The molecule has 1 atom stereocenters. The Morgan fingerprint density at radius 2 is 1.95 bits per heavy atom. The third kappa shape index (κ3) is 2.89. The van der Waals surface area contributed by atoms with E-state index >= 15 is 0 Å². The van der Waals surface area contributed by atoms with Crippen molar-refractivity contribution in [3.05, 3.63) is 29.3 Å². The molecule has 0 spiro atoms. The minimum atomic E-state index is -0.738. The van der Waals surface area contributed by atoms with Gasteiger partial charge in [0, 0.05) is 0 Å². The first-order valence-corrected chi connectivity index (χ1v) is 6.68. The second-order valence-electron chi connectivity index (χ2n) is 5.47. The highest BCUT2D eigenvalue weighted by atomic mass is 16.5. The van der Waals surface area contributed by atoms with Crippen molar-refractivity contribution in [1.82, 2.24) is 5.32 Å². The average molecular weight is 262 g/mol. The summed E-state index contributed by atoms with van der Waals surface area (Å²) in [5.41, 5.74) is 7.12. The van der Waals surface area contributed by atoms with E-state index in [0.29, 0.717) is 5.92 Å². The fourth-order valence-electron chi connectivity index (χ4n) is 2.58. The van der Waals surface area contributed by atoms with Gasteiger partial charge in [-0.25, -0.2) is 0 Å². The molecule has 1 aliphatic carbocycles. The molecule has 19 heavy (non-hydrogen) atoms. The molecule has 4 heteroatoms. The molecule has 0 saturated heterocycles. The van der Waals surface area contributed by atoms with E-state index in [4.69, 9.17) is 10.5 Å². The normalized spacial score (nSPS) is 17.8. The van der Waals surface area contributed by atoms with Crippen LogP contribution in [-0.4, -0.2) is 25.1 Å². The summed E-state index contributed by atoms with van der Waals surface area (Å²) in [5.74, 6) is 0.752. The molecule has 1 aromatic rings. The molecule has 0 aromatic heterocycles. The lowest BCUT2D eigenvalue weighted by Crippen LogP contribution is -2.59. The van der Waals surface area contributed by atoms with Gasteiger partial charge in [0.05, 0.1) is 0 Å². The van der Waals surface area contributed by atoms with Crippen molar-refractivity contribution in [2.45, 2.75) is 32.2 Å². The number of primary amides is 1. The van der Waals surface area contributed by atoms with E-state index in [1.54, 1.807) is 7.05 Å². The van der Waals surface area contributed by atoms with Crippen molar-refractivity contribution < 1.29 is 9.53 Å². The molecule has 1 fully saturated rings. The largest absolute Gasteiger partial charge is 0.491 e. The van der Waals surface area contributed by atoms with Crippen LogP contribution in [0.5, 0.6) is 5.75 Å². The Hall–Kier alpha value is -1.55. The Morgan fingerprint density at radius 3 is 2.37 bits per heavy atom. The van der Waals surface area contributed by atoms with E-state index in [-0.39, 0.29) is 12.5 Å². The second kappa shape index (κ2) is 5.21. The smallest absolute Gasteiger partial charge is 0.241 e. The number of ether oxygens (including phenoxy) is 1. The third-order valence-electron chi connectivity index (χ3n) is 3.82. The first-order valence-electron chi connectivity index (χ1n) is 6.68. The van der Waals surface area contributed by atoms with Crippen LogP contribution in [0.3, 0.4) is 0 Å². The number of hydrogen-bond acceptors (Lipinski definition) is 3. The number of carbonyl (C=O) groups is 1. The van der Waals surface area contributed by atoms with Gasteiger partial charge in [0.25, 0.3) is 0 Å². The second-order valence-corrected chi connectivity index (χ2v) is 5.47. The van der Waals surface area contributed by atoms with E-state index in [0.717, 1.165) is 29.7 Å². The van der Waals surface area contributed by atoms with Gasteiger partial charge in [-0.05, 0) is 62.9 Å².